The summed E-state index contributed by atoms with van der Waals surface area (Å²) in [4.78, 5) is 12.6. The highest BCUT2D eigenvalue weighted by molar-refractivity contribution is 6.33. The van der Waals surface area contributed by atoms with Crippen LogP contribution in [0.2, 0.25) is 10.3 Å². The topological polar surface area (TPSA) is 32.3 Å². The Bertz CT molecular complexity index is 383. The number of rotatable bonds is 8. The average Bonchev–Trinajstić information content (AvgIpc) is 2.42. The van der Waals surface area contributed by atoms with Crippen molar-refractivity contribution in [1.29, 1.82) is 0 Å². The summed E-state index contributed by atoms with van der Waals surface area (Å²) < 4.78 is 0. The monoisotopic (exact) mass is 304 g/mol. The van der Waals surface area contributed by atoms with Crippen LogP contribution in [0.25, 0.3) is 0 Å². The minimum Gasteiger partial charge on any atom is -0.355 e. The summed E-state index contributed by atoms with van der Waals surface area (Å²) in [7, 11) is 0. The van der Waals surface area contributed by atoms with E-state index in [9.17, 15) is 0 Å². The predicted molar refractivity (Wildman–Crippen MR) is 82.3 cm³/mol. The van der Waals surface area contributed by atoms with Gasteiger partial charge in [-0.15, -0.1) is 0 Å². The smallest absolute Gasteiger partial charge is 0.224 e. The summed E-state index contributed by atoms with van der Waals surface area (Å²) in [5, 5.41) is 0.788. The maximum absolute atomic E-state index is 6.13. The fraction of sp³-hybridized carbons (Fsp3) is 0.692. The lowest BCUT2D eigenvalue weighted by atomic mass is 10.3. The lowest BCUT2D eigenvalue weighted by Gasteiger charge is -2.25. The highest BCUT2D eigenvalue weighted by Crippen LogP contribution is 2.23. The van der Waals surface area contributed by atoms with E-state index < -0.39 is 0 Å². The van der Waals surface area contributed by atoms with Gasteiger partial charge in [0, 0.05) is 13.1 Å². The van der Waals surface area contributed by atoms with Gasteiger partial charge in [-0.05, 0) is 44.6 Å². The average molecular weight is 305 g/mol. The van der Waals surface area contributed by atoms with Crippen molar-refractivity contribution in [2.75, 3.05) is 37.6 Å². The SMILES string of the molecule is CCN(CC)CCCN(CC)c1nc(Cl)ncc1Cl. The van der Waals surface area contributed by atoms with Crippen LogP contribution >= 0.6 is 23.2 Å². The molecule has 0 spiro atoms. The molecule has 0 saturated carbocycles. The first kappa shape index (κ1) is 16.5. The van der Waals surface area contributed by atoms with E-state index in [1.54, 1.807) is 6.20 Å². The van der Waals surface area contributed by atoms with Crippen LogP contribution in [0.1, 0.15) is 27.2 Å². The van der Waals surface area contributed by atoms with E-state index in [1.165, 1.54) is 0 Å². The number of nitrogens with zero attached hydrogens (tertiary/aromatic N) is 4. The molecule has 108 valence electrons. The Kier molecular flexibility index (Phi) is 7.42. The molecule has 0 radical (unpaired) electrons. The maximum Gasteiger partial charge on any atom is 0.224 e. The first-order valence-corrected chi connectivity index (χ1v) is 7.53. The third-order valence-electron chi connectivity index (χ3n) is 3.17. The van der Waals surface area contributed by atoms with Crippen LogP contribution in [0.5, 0.6) is 0 Å². The number of anilines is 1. The number of halogens is 2. The summed E-state index contributed by atoms with van der Waals surface area (Å²) in [6.45, 7) is 11.5. The van der Waals surface area contributed by atoms with Gasteiger partial charge < -0.3 is 9.80 Å². The molecule has 1 aromatic heterocycles. The molecule has 0 bridgehead atoms. The van der Waals surface area contributed by atoms with Crippen LogP contribution in [0, 0.1) is 0 Å². The summed E-state index contributed by atoms with van der Waals surface area (Å²) in [6.07, 6.45) is 2.63. The van der Waals surface area contributed by atoms with E-state index in [2.05, 4.69) is 40.5 Å². The van der Waals surface area contributed by atoms with Gasteiger partial charge in [-0.1, -0.05) is 25.4 Å². The molecule has 0 N–H and O–H groups in total. The summed E-state index contributed by atoms with van der Waals surface area (Å²) in [5.41, 5.74) is 0. The van der Waals surface area contributed by atoms with Crippen LogP contribution in [0.4, 0.5) is 5.82 Å². The van der Waals surface area contributed by atoms with Crippen LogP contribution in [0.3, 0.4) is 0 Å². The maximum atomic E-state index is 6.13. The molecule has 19 heavy (non-hydrogen) atoms. The zero-order valence-corrected chi connectivity index (χ0v) is 13.4. The molecule has 1 heterocycles. The molecule has 0 atom stereocenters. The number of hydrogen-bond acceptors (Lipinski definition) is 4. The summed E-state index contributed by atoms with van der Waals surface area (Å²) in [6, 6.07) is 0. The molecule has 0 amide bonds. The minimum absolute atomic E-state index is 0.238. The molecule has 0 aliphatic carbocycles. The summed E-state index contributed by atoms with van der Waals surface area (Å²) in [5.74, 6) is 0.726. The highest BCUT2D eigenvalue weighted by atomic mass is 35.5. The van der Waals surface area contributed by atoms with Gasteiger partial charge in [0.15, 0.2) is 5.82 Å². The summed E-state index contributed by atoms with van der Waals surface area (Å²) >= 11 is 12.0. The van der Waals surface area contributed by atoms with Gasteiger partial charge >= 0.3 is 0 Å². The van der Waals surface area contributed by atoms with Gasteiger partial charge in [-0.2, -0.15) is 4.98 Å². The molecule has 4 nitrogen and oxygen atoms in total. The predicted octanol–water partition coefficient (Wildman–Crippen LogP) is 3.34. The molecule has 0 fully saturated rings. The van der Waals surface area contributed by atoms with E-state index in [0.29, 0.717) is 5.02 Å². The minimum atomic E-state index is 0.238. The second kappa shape index (κ2) is 8.56. The van der Waals surface area contributed by atoms with Gasteiger partial charge in [0.2, 0.25) is 5.28 Å². The lowest BCUT2D eigenvalue weighted by Crippen LogP contribution is -2.30. The number of hydrogen-bond donors (Lipinski definition) is 0. The third kappa shape index (κ3) is 5.13. The van der Waals surface area contributed by atoms with Gasteiger partial charge in [-0.25, -0.2) is 4.98 Å². The Labute approximate surface area is 125 Å². The van der Waals surface area contributed by atoms with Crippen molar-refractivity contribution >= 4 is 29.0 Å². The van der Waals surface area contributed by atoms with Gasteiger partial charge in [0.25, 0.3) is 0 Å². The molecule has 0 aliphatic heterocycles. The molecular formula is C13H22Cl2N4. The Morgan fingerprint density at radius 2 is 1.74 bits per heavy atom. The van der Waals surface area contributed by atoms with Crippen LogP contribution in [-0.2, 0) is 0 Å². The molecule has 0 unspecified atom stereocenters. The van der Waals surface area contributed by atoms with E-state index in [1.807, 2.05) is 0 Å². The van der Waals surface area contributed by atoms with Crippen LogP contribution < -0.4 is 4.90 Å². The molecule has 1 rings (SSSR count). The Balaban J connectivity index is 2.60. The fourth-order valence-electron chi connectivity index (χ4n) is 2.00. The van der Waals surface area contributed by atoms with Crippen LogP contribution in [-0.4, -0.2) is 47.6 Å². The second-order valence-corrected chi connectivity index (χ2v) is 5.02. The molecule has 0 saturated heterocycles. The van der Waals surface area contributed by atoms with Crippen molar-refractivity contribution in [3.05, 3.63) is 16.5 Å². The third-order valence-corrected chi connectivity index (χ3v) is 3.62. The van der Waals surface area contributed by atoms with Crippen molar-refractivity contribution in [1.82, 2.24) is 14.9 Å². The van der Waals surface area contributed by atoms with Crippen molar-refractivity contribution in [3.63, 3.8) is 0 Å². The van der Waals surface area contributed by atoms with E-state index in [0.717, 1.165) is 45.0 Å². The zero-order chi connectivity index (χ0) is 14.3. The van der Waals surface area contributed by atoms with Gasteiger partial charge in [-0.3, -0.25) is 0 Å². The molecule has 0 aromatic carbocycles. The van der Waals surface area contributed by atoms with E-state index >= 15 is 0 Å². The van der Waals surface area contributed by atoms with E-state index in [4.69, 9.17) is 23.2 Å². The molecular weight excluding hydrogens is 283 g/mol. The molecule has 0 aliphatic rings. The van der Waals surface area contributed by atoms with Crippen molar-refractivity contribution < 1.29 is 0 Å². The quantitative estimate of drug-likeness (QED) is 0.690. The fourth-order valence-corrected chi connectivity index (χ4v) is 2.34. The van der Waals surface area contributed by atoms with Gasteiger partial charge in [0.05, 0.1) is 6.20 Å². The zero-order valence-electron chi connectivity index (χ0n) is 11.9. The Morgan fingerprint density at radius 3 is 2.32 bits per heavy atom. The Morgan fingerprint density at radius 1 is 1.05 bits per heavy atom. The Hall–Kier alpha value is -0.580. The second-order valence-electron chi connectivity index (χ2n) is 4.27. The largest absolute Gasteiger partial charge is 0.355 e. The van der Waals surface area contributed by atoms with Crippen molar-refractivity contribution in [2.45, 2.75) is 27.2 Å². The first-order chi connectivity index (χ1) is 9.12. The van der Waals surface area contributed by atoms with Gasteiger partial charge in [0.1, 0.15) is 5.02 Å². The van der Waals surface area contributed by atoms with Crippen molar-refractivity contribution in [2.24, 2.45) is 0 Å². The first-order valence-electron chi connectivity index (χ1n) is 6.77. The lowest BCUT2D eigenvalue weighted by molar-refractivity contribution is 0.300. The normalized spacial score (nSPS) is 11.1. The van der Waals surface area contributed by atoms with Crippen LogP contribution in [0.15, 0.2) is 6.20 Å². The van der Waals surface area contributed by atoms with E-state index in [-0.39, 0.29) is 5.28 Å². The standard InChI is InChI=1S/C13H22Cl2N4/c1-4-18(5-2)8-7-9-19(6-3)12-11(14)10-16-13(15)17-12/h10H,4-9H2,1-3H3. The molecule has 6 heteroatoms. The number of aromatic nitrogens is 2. The highest BCUT2D eigenvalue weighted by Gasteiger charge is 2.12. The molecule has 1 aromatic rings. The van der Waals surface area contributed by atoms with Crippen molar-refractivity contribution in [3.8, 4) is 0 Å².